The molecular weight excluding hydrogens is 352 g/mol. The van der Waals surface area contributed by atoms with Crippen LogP contribution in [0.1, 0.15) is 17.4 Å². The van der Waals surface area contributed by atoms with Gasteiger partial charge in [-0.1, -0.05) is 48.0 Å². The van der Waals surface area contributed by atoms with Crippen molar-refractivity contribution in [1.29, 1.82) is 0 Å². The predicted octanol–water partition coefficient (Wildman–Crippen LogP) is 2.87. The van der Waals surface area contributed by atoms with Crippen molar-refractivity contribution in [2.75, 3.05) is 6.61 Å². The second-order valence-electron chi connectivity index (χ2n) is 6.63. The van der Waals surface area contributed by atoms with Crippen LogP contribution in [0.5, 0.6) is 5.75 Å². The molecule has 6 heteroatoms. The minimum atomic E-state index is -0.831. The van der Waals surface area contributed by atoms with Gasteiger partial charge in [0, 0.05) is 5.56 Å². The zero-order valence-corrected chi connectivity index (χ0v) is 15.3. The number of hydrogen-bond donors (Lipinski definition) is 2. The Hall–Kier alpha value is -1.57. The fourth-order valence-electron chi connectivity index (χ4n) is 3.21. The second-order valence-corrected chi connectivity index (χ2v) is 7.23. The van der Waals surface area contributed by atoms with Crippen LogP contribution in [0.2, 0.25) is 0 Å². The first kappa shape index (κ1) is 17.8. The summed E-state index contributed by atoms with van der Waals surface area (Å²) in [6, 6.07) is 17.3. The van der Waals surface area contributed by atoms with E-state index in [0.29, 0.717) is 12.4 Å². The Morgan fingerprint density at radius 1 is 1.04 bits per heavy atom. The standard InChI is InChI=1S/C20H22O5S/c1-12-7-9-14(10-8-12)23-20-18(26)16(21)17-15(24-20)11-22-19(25-17)13-5-3-2-4-6-13/h2-10,15-21,26H,11H2,1H3/t15-,16+,17-,18-,19?,20?/m1/s1. The third-order valence-electron chi connectivity index (χ3n) is 4.68. The van der Waals surface area contributed by atoms with Crippen LogP contribution in [0.3, 0.4) is 0 Å². The Morgan fingerprint density at radius 3 is 2.50 bits per heavy atom. The Morgan fingerprint density at radius 2 is 1.77 bits per heavy atom. The van der Waals surface area contributed by atoms with E-state index in [1.54, 1.807) is 0 Å². The number of aryl methyl sites for hydroxylation is 1. The molecule has 2 aromatic carbocycles. The molecule has 2 aliphatic heterocycles. The van der Waals surface area contributed by atoms with Gasteiger partial charge in [-0.25, -0.2) is 0 Å². The molecule has 6 atom stereocenters. The number of thiol groups is 1. The van der Waals surface area contributed by atoms with Crippen molar-refractivity contribution in [1.82, 2.24) is 0 Å². The topological polar surface area (TPSA) is 57.2 Å². The summed E-state index contributed by atoms with van der Waals surface area (Å²) in [5.74, 6) is 0.671. The molecule has 4 rings (SSSR count). The Labute approximate surface area is 158 Å². The molecule has 2 fully saturated rings. The summed E-state index contributed by atoms with van der Waals surface area (Å²) in [6.07, 6.45) is -2.97. The van der Waals surface area contributed by atoms with Gasteiger partial charge in [-0.15, -0.1) is 0 Å². The monoisotopic (exact) mass is 374 g/mol. The van der Waals surface area contributed by atoms with E-state index in [-0.39, 0.29) is 0 Å². The van der Waals surface area contributed by atoms with Gasteiger partial charge in [0.1, 0.15) is 24.1 Å². The van der Waals surface area contributed by atoms with Gasteiger partial charge in [-0.2, -0.15) is 12.6 Å². The van der Waals surface area contributed by atoms with Crippen molar-refractivity contribution in [3.8, 4) is 5.75 Å². The van der Waals surface area contributed by atoms with Gasteiger partial charge >= 0.3 is 0 Å². The van der Waals surface area contributed by atoms with E-state index in [1.807, 2.05) is 61.5 Å². The fraction of sp³-hybridized carbons (Fsp3) is 0.400. The van der Waals surface area contributed by atoms with Gasteiger partial charge in [0.05, 0.1) is 11.9 Å². The second kappa shape index (κ2) is 7.58. The SMILES string of the molecule is Cc1ccc(OC2O[C@@H]3COC(c4ccccc4)O[C@H]3[C@H](O)[C@H]2S)cc1. The maximum absolute atomic E-state index is 10.7. The number of aliphatic hydroxyl groups excluding tert-OH is 1. The van der Waals surface area contributed by atoms with Gasteiger partial charge in [-0.3, -0.25) is 0 Å². The first-order chi connectivity index (χ1) is 12.6. The molecule has 0 amide bonds. The molecular formula is C20H22O5S. The number of hydrogen-bond acceptors (Lipinski definition) is 6. The summed E-state index contributed by atoms with van der Waals surface area (Å²) in [6.45, 7) is 2.33. The van der Waals surface area contributed by atoms with E-state index in [4.69, 9.17) is 18.9 Å². The molecule has 0 aromatic heterocycles. The summed E-state index contributed by atoms with van der Waals surface area (Å²) in [7, 11) is 0. The molecule has 2 heterocycles. The maximum Gasteiger partial charge on any atom is 0.214 e. The van der Waals surface area contributed by atoms with E-state index in [1.165, 1.54) is 0 Å². The molecule has 2 saturated heterocycles. The number of aliphatic hydroxyl groups is 1. The molecule has 5 nitrogen and oxygen atoms in total. The van der Waals surface area contributed by atoms with Gasteiger partial charge in [0.15, 0.2) is 6.29 Å². The van der Waals surface area contributed by atoms with Crippen molar-refractivity contribution in [3.05, 3.63) is 65.7 Å². The maximum atomic E-state index is 10.7. The predicted molar refractivity (Wildman–Crippen MR) is 99.3 cm³/mol. The highest BCUT2D eigenvalue weighted by Crippen LogP contribution is 2.36. The highest BCUT2D eigenvalue weighted by atomic mass is 32.1. The van der Waals surface area contributed by atoms with Gasteiger partial charge in [0.2, 0.25) is 6.29 Å². The lowest BCUT2D eigenvalue weighted by Crippen LogP contribution is -2.61. The first-order valence-electron chi connectivity index (χ1n) is 8.69. The zero-order chi connectivity index (χ0) is 18.1. The van der Waals surface area contributed by atoms with Crippen LogP contribution in [0.15, 0.2) is 54.6 Å². The highest BCUT2D eigenvalue weighted by Gasteiger charge is 2.49. The molecule has 0 spiro atoms. The van der Waals surface area contributed by atoms with Crippen LogP contribution in [0, 0.1) is 6.92 Å². The Kier molecular flexibility index (Phi) is 5.20. The third-order valence-corrected chi connectivity index (χ3v) is 5.23. The summed E-state index contributed by atoms with van der Waals surface area (Å²) in [4.78, 5) is 0. The average molecular weight is 374 g/mol. The van der Waals surface area contributed by atoms with Gasteiger partial charge < -0.3 is 24.1 Å². The smallest absolute Gasteiger partial charge is 0.214 e. The van der Waals surface area contributed by atoms with E-state index < -0.39 is 36.1 Å². The van der Waals surface area contributed by atoms with Crippen molar-refractivity contribution in [3.63, 3.8) is 0 Å². The van der Waals surface area contributed by atoms with Crippen molar-refractivity contribution in [2.45, 2.75) is 43.1 Å². The third kappa shape index (κ3) is 3.61. The van der Waals surface area contributed by atoms with Crippen LogP contribution in [-0.4, -0.2) is 41.6 Å². The highest BCUT2D eigenvalue weighted by molar-refractivity contribution is 7.81. The lowest BCUT2D eigenvalue weighted by molar-refractivity contribution is -0.325. The molecule has 0 radical (unpaired) electrons. The normalized spacial score (nSPS) is 34.1. The van der Waals surface area contributed by atoms with Crippen LogP contribution >= 0.6 is 12.6 Å². The molecule has 26 heavy (non-hydrogen) atoms. The van der Waals surface area contributed by atoms with Gasteiger partial charge in [-0.05, 0) is 19.1 Å². The first-order valence-corrected chi connectivity index (χ1v) is 9.20. The van der Waals surface area contributed by atoms with Gasteiger partial charge in [0.25, 0.3) is 0 Å². The molecule has 0 aliphatic carbocycles. The van der Waals surface area contributed by atoms with Crippen LogP contribution in [0.4, 0.5) is 0 Å². The molecule has 138 valence electrons. The summed E-state index contributed by atoms with van der Waals surface area (Å²) < 4.78 is 23.6. The largest absolute Gasteiger partial charge is 0.464 e. The molecule has 2 aromatic rings. The van der Waals surface area contributed by atoms with Crippen LogP contribution < -0.4 is 4.74 Å². The minimum Gasteiger partial charge on any atom is -0.464 e. The van der Waals surface area contributed by atoms with Crippen molar-refractivity contribution >= 4 is 12.6 Å². The minimum absolute atomic E-state index is 0.315. The van der Waals surface area contributed by atoms with E-state index in [0.717, 1.165) is 11.1 Å². The van der Waals surface area contributed by atoms with E-state index in [9.17, 15) is 5.11 Å². The molecule has 0 saturated carbocycles. The van der Waals surface area contributed by atoms with Crippen LogP contribution in [0.25, 0.3) is 0 Å². The number of benzene rings is 2. The molecule has 0 bridgehead atoms. The molecule has 2 aliphatic rings. The fourth-order valence-corrected chi connectivity index (χ4v) is 3.51. The average Bonchev–Trinajstić information content (AvgIpc) is 2.68. The Bertz CT molecular complexity index is 721. The number of rotatable bonds is 3. The summed E-state index contributed by atoms with van der Waals surface area (Å²) in [5, 5.41) is 10.2. The van der Waals surface area contributed by atoms with Crippen molar-refractivity contribution in [2.24, 2.45) is 0 Å². The number of ether oxygens (including phenoxy) is 4. The lowest BCUT2D eigenvalue weighted by Gasteiger charge is -2.46. The van der Waals surface area contributed by atoms with E-state index >= 15 is 0 Å². The summed E-state index contributed by atoms with van der Waals surface area (Å²) in [5.41, 5.74) is 2.05. The summed E-state index contributed by atoms with van der Waals surface area (Å²) >= 11 is 4.51. The Balaban J connectivity index is 1.45. The van der Waals surface area contributed by atoms with Crippen LogP contribution in [-0.2, 0) is 14.2 Å². The molecule has 2 unspecified atom stereocenters. The van der Waals surface area contributed by atoms with E-state index in [2.05, 4.69) is 12.6 Å². The quantitative estimate of drug-likeness (QED) is 0.809. The molecule has 1 N–H and O–H groups in total. The zero-order valence-electron chi connectivity index (χ0n) is 14.4. The number of fused-ring (bicyclic) bond motifs is 1. The lowest BCUT2D eigenvalue weighted by atomic mass is 9.99. The van der Waals surface area contributed by atoms with Crippen molar-refractivity contribution < 1.29 is 24.1 Å².